The van der Waals surface area contributed by atoms with Crippen molar-refractivity contribution in [1.29, 1.82) is 0 Å². The number of aliphatic imine (C=N–C) groups is 1. The zero-order valence-corrected chi connectivity index (χ0v) is 14.9. The number of benzene rings is 1. The van der Waals surface area contributed by atoms with Gasteiger partial charge in [0.2, 0.25) is 0 Å². The molecule has 1 aromatic heterocycles. The molecule has 5 heteroatoms. The Balaban J connectivity index is 1.89. The molecule has 1 heterocycles. The van der Waals surface area contributed by atoms with Gasteiger partial charge in [0.05, 0.1) is 7.11 Å². The van der Waals surface area contributed by atoms with E-state index in [0.717, 1.165) is 42.5 Å². The summed E-state index contributed by atoms with van der Waals surface area (Å²) in [6.07, 6.45) is 2.84. The zero-order valence-electron chi connectivity index (χ0n) is 14.9. The molecule has 128 valence electrons. The van der Waals surface area contributed by atoms with E-state index in [-0.39, 0.29) is 0 Å². The lowest BCUT2D eigenvalue weighted by molar-refractivity contribution is 0.396. The maximum atomic E-state index is 5.41. The lowest BCUT2D eigenvalue weighted by atomic mass is 10.2. The fraction of sp³-hybridized carbons (Fsp3) is 0.368. The van der Waals surface area contributed by atoms with Crippen LogP contribution in [0.1, 0.15) is 16.8 Å². The number of nitrogens with zero attached hydrogens (tertiary/aromatic N) is 3. The zero-order chi connectivity index (χ0) is 17.4. The molecular weight excluding hydrogens is 300 g/mol. The Morgan fingerprint density at radius 1 is 1.25 bits per heavy atom. The number of para-hydroxylation sites is 1. The quantitative estimate of drug-likeness (QED) is 0.655. The minimum absolute atomic E-state index is 0.732. The molecule has 0 atom stereocenters. The van der Waals surface area contributed by atoms with Crippen molar-refractivity contribution in [2.24, 2.45) is 4.99 Å². The molecule has 0 spiro atoms. The summed E-state index contributed by atoms with van der Waals surface area (Å²) in [5.74, 6) is 1.76. The Kier molecular flexibility index (Phi) is 6.61. The van der Waals surface area contributed by atoms with Gasteiger partial charge in [-0.2, -0.15) is 0 Å². The van der Waals surface area contributed by atoms with Crippen molar-refractivity contribution in [3.63, 3.8) is 0 Å². The number of rotatable bonds is 6. The molecule has 0 bridgehead atoms. The fourth-order valence-electron chi connectivity index (χ4n) is 2.51. The highest BCUT2D eigenvalue weighted by Crippen LogP contribution is 2.18. The number of hydrogen-bond donors (Lipinski definition) is 1. The number of nitrogens with one attached hydrogen (secondary N) is 1. The van der Waals surface area contributed by atoms with Crippen molar-refractivity contribution >= 4 is 5.96 Å². The summed E-state index contributed by atoms with van der Waals surface area (Å²) in [6.45, 7) is 3.54. The Labute approximate surface area is 144 Å². The van der Waals surface area contributed by atoms with Gasteiger partial charge in [-0.05, 0) is 31.0 Å². The van der Waals surface area contributed by atoms with Gasteiger partial charge >= 0.3 is 0 Å². The van der Waals surface area contributed by atoms with Gasteiger partial charge < -0.3 is 15.0 Å². The van der Waals surface area contributed by atoms with Crippen LogP contribution in [0.4, 0.5) is 0 Å². The molecule has 0 saturated heterocycles. The highest BCUT2D eigenvalue weighted by molar-refractivity contribution is 5.79. The lowest BCUT2D eigenvalue weighted by Crippen LogP contribution is -2.39. The van der Waals surface area contributed by atoms with Crippen molar-refractivity contribution in [2.75, 3.05) is 27.7 Å². The van der Waals surface area contributed by atoms with Crippen LogP contribution in [-0.2, 0) is 13.0 Å². The standard InChI is InChI=1S/C19H26N4O/c1-15-9-10-16(13-22-15)11-12-21-19(20-2)23(3)14-17-7-5-6-8-18(17)24-4/h5-10,13H,11-12,14H2,1-4H3,(H,20,21). The monoisotopic (exact) mass is 326 g/mol. The van der Waals surface area contributed by atoms with E-state index >= 15 is 0 Å². The van der Waals surface area contributed by atoms with Crippen molar-refractivity contribution in [3.05, 3.63) is 59.4 Å². The molecule has 0 radical (unpaired) electrons. The van der Waals surface area contributed by atoms with Crippen LogP contribution in [0, 0.1) is 6.92 Å². The van der Waals surface area contributed by atoms with Crippen LogP contribution < -0.4 is 10.1 Å². The molecule has 24 heavy (non-hydrogen) atoms. The predicted octanol–water partition coefficient (Wildman–Crippen LogP) is 2.65. The number of guanidine groups is 1. The molecule has 0 fully saturated rings. The van der Waals surface area contributed by atoms with Crippen LogP contribution in [0.25, 0.3) is 0 Å². The number of methoxy groups -OCH3 is 1. The molecule has 0 amide bonds. The molecule has 0 unspecified atom stereocenters. The van der Waals surface area contributed by atoms with Gasteiger partial charge in [-0.3, -0.25) is 9.98 Å². The van der Waals surface area contributed by atoms with Crippen molar-refractivity contribution in [1.82, 2.24) is 15.2 Å². The molecule has 0 aliphatic carbocycles. The SMILES string of the molecule is CN=C(NCCc1ccc(C)nc1)N(C)Cc1ccccc1OC. The lowest BCUT2D eigenvalue weighted by Gasteiger charge is -2.23. The topological polar surface area (TPSA) is 49.8 Å². The van der Waals surface area contributed by atoms with E-state index in [4.69, 9.17) is 4.74 Å². The smallest absolute Gasteiger partial charge is 0.193 e. The molecule has 1 N–H and O–H groups in total. The summed E-state index contributed by atoms with van der Waals surface area (Å²) in [5, 5.41) is 3.40. The third-order valence-corrected chi connectivity index (χ3v) is 3.84. The summed E-state index contributed by atoms with van der Waals surface area (Å²) < 4.78 is 5.41. The third kappa shape index (κ3) is 4.98. The van der Waals surface area contributed by atoms with E-state index in [1.165, 1.54) is 5.56 Å². The molecule has 5 nitrogen and oxygen atoms in total. The molecule has 0 aliphatic heterocycles. The van der Waals surface area contributed by atoms with E-state index in [2.05, 4.69) is 32.3 Å². The van der Waals surface area contributed by atoms with Crippen molar-refractivity contribution in [2.45, 2.75) is 19.9 Å². The third-order valence-electron chi connectivity index (χ3n) is 3.84. The molecular formula is C19H26N4O. The molecule has 1 aromatic carbocycles. The van der Waals surface area contributed by atoms with E-state index in [1.54, 1.807) is 14.2 Å². The van der Waals surface area contributed by atoms with E-state index in [0.29, 0.717) is 0 Å². The fourth-order valence-corrected chi connectivity index (χ4v) is 2.51. The van der Waals surface area contributed by atoms with Gasteiger partial charge in [0.15, 0.2) is 5.96 Å². The van der Waals surface area contributed by atoms with Gasteiger partial charge in [-0.15, -0.1) is 0 Å². The van der Waals surface area contributed by atoms with Gasteiger partial charge in [0, 0.05) is 44.6 Å². The van der Waals surface area contributed by atoms with Crippen LogP contribution in [0.5, 0.6) is 5.75 Å². The van der Waals surface area contributed by atoms with Crippen molar-refractivity contribution < 1.29 is 4.74 Å². The molecule has 0 saturated carbocycles. The second-order valence-corrected chi connectivity index (χ2v) is 5.70. The number of ether oxygens (including phenoxy) is 1. The highest BCUT2D eigenvalue weighted by atomic mass is 16.5. The van der Waals surface area contributed by atoms with Gasteiger partial charge in [0.1, 0.15) is 5.75 Å². The summed E-state index contributed by atoms with van der Waals surface area (Å²) in [5.41, 5.74) is 3.39. The number of aromatic nitrogens is 1. The minimum Gasteiger partial charge on any atom is -0.496 e. The first kappa shape index (κ1) is 17.8. The van der Waals surface area contributed by atoms with E-state index in [1.807, 2.05) is 44.4 Å². The largest absolute Gasteiger partial charge is 0.496 e. The summed E-state index contributed by atoms with van der Waals surface area (Å²) in [4.78, 5) is 10.8. The Morgan fingerprint density at radius 2 is 2.04 bits per heavy atom. The minimum atomic E-state index is 0.732. The molecule has 0 aliphatic rings. The maximum absolute atomic E-state index is 5.41. The van der Waals surface area contributed by atoms with Crippen LogP contribution in [-0.4, -0.2) is 43.6 Å². The van der Waals surface area contributed by atoms with Crippen LogP contribution in [0.2, 0.25) is 0 Å². The number of hydrogen-bond acceptors (Lipinski definition) is 3. The second kappa shape index (κ2) is 8.91. The maximum Gasteiger partial charge on any atom is 0.193 e. The number of pyridine rings is 1. The van der Waals surface area contributed by atoms with Gasteiger partial charge in [0.25, 0.3) is 0 Å². The average molecular weight is 326 g/mol. The van der Waals surface area contributed by atoms with Crippen LogP contribution in [0.15, 0.2) is 47.6 Å². The predicted molar refractivity (Wildman–Crippen MR) is 98.5 cm³/mol. The van der Waals surface area contributed by atoms with Crippen LogP contribution in [0.3, 0.4) is 0 Å². The first-order valence-corrected chi connectivity index (χ1v) is 8.09. The Morgan fingerprint density at radius 3 is 2.71 bits per heavy atom. The first-order valence-electron chi connectivity index (χ1n) is 8.09. The molecule has 2 rings (SSSR count). The van der Waals surface area contributed by atoms with E-state index in [9.17, 15) is 0 Å². The first-order chi connectivity index (χ1) is 11.6. The normalized spacial score (nSPS) is 11.2. The van der Waals surface area contributed by atoms with Crippen molar-refractivity contribution in [3.8, 4) is 5.75 Å². The highest BCUT2D eigenvalue weighted by Gasteiger charge is 2.09. The van der Waals surface area contributed by atoms with Gasteiger partial charge in [-0.1, -0.05) is 24.3 Å². The number of aryl methyl sites for hydroxylation is 1. The summed E-state index contributed by atoms with van der Waals surface area (Å²) >= 11 is 0. The van der Waals surface area contributed by atoms with Crippen LogP contribution >= 0.6 is 0 Å². The average Bonchev–Trinajstić information content (AvgIpc) is 2.60. The summed E-state index contributed by atoms with van der Waals surface area (Å²) in [6, 6.07) is 12.2. The Bertz CT molecular complexity index is 667. The van der Waals surface area contributed by atoms with Gasteiger partial charge in [-0.25, -0.2) is 0 Å². The summed E-state index contributed by atoms with van der Waals surface area (Å²) in [7, 11) is 5.52. The second-order valence-electron chi connectivity index (χ2n) is 5.70. The Hall–Kier alpha value is -2.56. The van der Waals surface area contributed by atoms with E-state index < -0.39 is 0 Å². The molecule has 2 aromatic rings.